The molecule has 0 saturated carbocycles. The van der Waals surface area contributed by atoms with Gasteiger partial charge in [-0.05, 0) is 31.0 Å². The van der Waals surface area contributed by atoms with Gasteiger partial charge in [0.05, 0.1) is 25.9 Å². The fourth-order valence-electron chi connectivity index (χ4n) is 2.30. The molecule has 0 bridgehead atoms. The quantitative estimate of drug-likeness (QED) is 0.868. The number of rotatable bonds is 4. The number of amides is 1. The van der Waals surface area contributed by atoms with Crippen molar-refractivity contribution in [2.45, 2.75) is 19.4 Å². The molecule has 1 aliphatic rings. The van der Waals surface area contributed by atoms with Crippen LogP contribution in [0.2, 0.25) is 0 Å². The van der Waals surface area contributed by atoms with E-state index >= 15 is 0 Å². The van der Waals surface area contributed by atoms with Crippen molar-refractivity contribution in [1.29, 1.82) is 0 Å². The first-order chi connectivity index (χ1) is 9.15. The molecular weight excluding hydrogens is 244 g/mol. The van der Waals surface area contributed by atoms with Gasteiger partial charge in [-0.2, -0.15) is 0 Å². The minimum atomic E-state index is -0.133. The summed E-state index contributed by atoms with van der Waals surface area (Å²) < 4.78 is 10.4. The zero-order valence-corrected chi connectivity index (χ0v) is 11.5. The highest BCUT2D eigenvalue weighted by Crippen LogP contribution is 2.29. The van der Waals surface area contributed by atoms with E-state index in [-0.39, 0.29) is 11.9 Å². The van der Waals surface area contributed by atoms with Crippen molar-refractivity contribution in [2.24, 2.45) is 5.92 Å². The lowest BCUT2D eigenvalue weighted by Crippen LogP contribution is -2.39. The van der Waals surface area contributed by atoms with Crippen LogP contribution in [0.5, 0.6) is 11.5 Å². The third-order valence-corrected chi connectivity index (χ3v) is 3.48. The molecule has 2 unspecified atom stereocenters. The third-order valence-electron chi connectivity index (χ3n) is 3.48. The maximum atomic E-state index is 12.2. The average Bonchev–Trinajstić information content (AvgIpc) is 2.85. The molecule has 1 heterocycles. The monoisotopic (exact) mass is 264 g/mol. The van der Waals surface area contributed by atoms with Gasteiger partial charge in [-0.25, -0.2) is 0 Å². The van der Waals surface area contributed by atoms with E-state index in [2.05, 4.69) is 17.6 Å². The first-order valence-electron chi connectivity index (χ1n) is 6.42. The molecule has 2 N–H and O–H groups in total. The fraction of sp³-hybridized carbons (Fsp3) is 0.500. The van der Waals surface area contributed by atoms with E-state index in [1.54, 1.807) is 32.4 Å². The summed E-state index contributed by atoms with van der Waals surface area (Å²) in [5.41, 5.74) is 0.661. The number of carbonyl (C=O) groups excluding carboxylic acids is 1. The molecule has 0 aromatic heterocycles. The number of carbonyl (C=O) groups is 1. The SMILES string of the molecule is COc1ccc(NC(=O)C2NCCC2C)c(OC)c1. The summed E-state index contributed by atoms with van der Waals surface area (Å²) in [5.74, 6) is 1.62. The largest absolute Gasteiger partial charge is 0.497 e. The van der Waals surface area contributed by atoms with Crippen LogP contribution >= 0.6 is 0 Å². The summed E-state index contributed by atoms with van der Waals surface area (Å²) >= 11 is 0. The summed E-state index contributed by atoms with van der Waals surface area (Å²) in [6, 6.07) is 5.20. The van der Waals surface area contributed by atoms with E-state index in [0.29, 0.717) is 23.1 Å². The summed E-state index contributed by atoms with van der Waals surface area (Å²) in [5, 5.41) is 6.11. The zero-order valence-electron chi connectivity index (χ0n) is 11.5. The standard InChI is InChI=1S/C14H20N2O3/c1-9-6-7-15-13(9)14(17)16-11-5-4-10(18-2)8-12(11)19-3/h4-5,8-9,13,15H,6-7H2,1-3H3,(H,16,17). The van der Waals surface area contributed by atoms with Crippen LogP contribution in [0, 0.1) is 5.92 Å². The molecule has 2 atom stereocenters. The Morgan fingerprint density at radius 3 is 2.74 bits per heavy atom. The van der Waals surface area contributed by atoms with Gasteiger partial charge >= 0.3 is 0 Å². The lowest BCUT2D eigenvalue weighted by molar-refractivity contribution is -0.118. The van der Waals surface area contributed by atoms with Crippen molar-refractivity contribution in [1.82, 2.24) is 5.32 Å². The lowest BCUT2D eigenvalue weighted by atomic mass is 10.0. The van der Waals surface area contributed by atoms with Gasteiger partial charge in [0.15, 0.2) is 0 Å². The third kappa shape index (κ3) is 2.98. The molecule has 2 rings (SSSR count). The van der Waals surface area contributed by atoms with Gasteiger partial charge < -0.3 is 20.1 Å². The van der Waals surface area contributed by atoms with E-state index in [9.17, 15) is 4.79 Å². The van der Waals surface area contributed by atoms with Gasteiger partial charge in [-0.1, -0.05) is 6.92 Å². The molecule has 1 aromatic carbocycles. The first-order valence-corrected chi connectivity index (χ1v) is 6.42. The Labute approximate surface area is 113 Å². The van der Waals surface area contributed by atoms with Crippen LogP contribution in [-0.2, 0) is 4.79 Å². The highest BCUT2D eigenvalue weighted by Gasteiger charge is 2.29. The second-order valence-corrected chi connectivity index (χ2v) is 4.75. The van der Waals surface area contributed by atoms with Gasteiger partial charge in [0.25, 0.3) is 0 Å². The molecule has 5 nitrogen and oxygen atoms in total. The van der Waals surface area contributed by atoms with E-state index in [0.717, 1.165) is 13.0 Å². The molecule has 0 spiro atoms. The Kier molecular flexibility index (Phi) is 4.27. The van der Waals surface area contributed by atoms with Gasteiger partial charge in [0.1, 0.15) is 11.5 Å². The number of nitrogens with one attached hydrogen (secondary N) is 2. The Bertz CT molecular complexity index is 462. The Morgan fingerprint density at radius 2 is 2.16 bits per heavy atom. The maximum absolute atomic E-state index is 12.2. The number of hydrogen-bond acceptors (Lipinski definition) is 4. The Morgan fingerprint density at radius 1 is 1.37 bits per heavy atom. The van der Waals surface area contributed by atoms with Crippen LogP contribution in [0.25, 0.3) is 0 Å². The second kappa shape index (κ2) is 5.93. The van der Waals surface area contributed by atoms with Crippen molar-refractivity contribution in [3.63, 3.8) is 0 Å². The minimum Gasteiger partial charge on any atom is -0.497 e. The fourth-order valence-corrected chi connectivity index (χ4v) is 2.30. The van der Waals surface area contributed by atoms with Crippen molar-refractivity contribution >= 4 is 11.6 Å². The molecule has 5 heteroatoms. The summed E-state index contributed by atoms with van der Waals surface area (Å²) in [6.45, 7) is 2.97. The predicted octanol–water partition coefficient (Wildman–Crippen LogP) is 1.64. The van der Waals surface area contributed by atoms with Crippen LogP contribution in [-0.4, -0.2) is 32.7 Å². The van der Waals surface area contributed by atoms with Crippen molar-refractivity contribution in [3.8, 4) is 11.5 Å². The summed E-state index contributed by atoms with van der Waals surface area (Å²) in [6.07, 6.45) is 1.03. The average molecular weight is 264 g/mol. The van der Waals surface area contributed by atoms with Crippen molar-refractivity contribution in [2.75, 3.05) is 26.1 Å². The first kappa shape index (κ1) is 13.7. The number of hydrogen-bond donors (Lipinski definition) is 2. The normalized spacial score (nSPS) is 22.1. The predicted molar refractivity (Wildman–Crippen MR) is 73.7 cm³/mol. The topological polar surface area (TPSA) is 59.6 Å². The van der Waals surface area contributed by atoms with Crippen LogP contribution in [0.1, 0.15) is 13.3 Å². The van der Waals surface area contributed by atoms with E-state index < -0.39 is 0 Å². The molecule has 1 amide bonds. The van der Waals surface area contributed by atoms with E-state index in [1.807, 2.05) is 0 Å². The van der Waals surface area contributed by atoms with Crippen LogP contribution in [0.4, 0.5) is 5.69 Å². The summed E-state index contributed by atoms with van der Waals surface area (Å²) in [4.78, 5) is 12.2. The van der Waals surface area contributed by atoms with Gasteiger partial charge in [0.2, 0.25) is 5.91 Å². The molecule has 0 aliphatic carbocycles. The molecule has 19 heavy (non-hydrogen) atoms. The number of benzene rings is 1. The Balaban J connectivity index is 2.12. The highest BCUT2D eigenvalue weighted by molar-refractivity contribution is 5.96. The van der Waals surface area contributed by atoms with Gasteiger partial charge in [-0.3, -0.25) is 4.79 Å². The van der Waals surface area contributed by atoms with Crippen LogP contribution < -0.4 is 20.1 Å². The Hall–Kier alpha value is -1.75. The van der Waals surface area contributed by atoms with Crippen LogP contribution in [0.15, 0.2) is 18.2 Å². The minimum absolute atomic E-state index is 0.0199. The highest BCUT2D eigenvalue weighted by atomic mass is 16.5. The molecule has 1 aromatic rings. The molecule has 1 aliphatic heterocycles. The van der Waals surface area contributed by atoms with E-state index in [1.165, 1.54) is 0 Å². The zero-order chi connectivity index (χ0) is 13.8. The van der Waals surface area contributed by atoms with Gasteiger partial charge in [0, 0.05) is 6.07 Å². The van der Waals surface area contributed by atoms with Gasteiger partial charge in [-0.15, -0.1) is 0 Å². The molecule has 1 saturated heterocycles. The van der Waals surface area contributed by atoms with Crippen LogP contribution in [0.3, 0.4) is 0 Å². The smallest absolute Gasteiger partial charge is 0.241 e. The lowest BCUT2D eigenvalue weighted by Gasteiger charge is -2.17. The molecular formula is C14H20N2O3. The van der Waals surface area contributed by atoms with E-state index in [4.69, 9.17) is 9.47 Å². The number of ether oxygens (including phenoxy) is 2. The van der Waals surface area contributed by atoms with Crippen molar-refractivity contribution in [3.05, 3.63) is 18.2 Å². The summed E-state index contributed by atoms with van der Waals surface area (Å²) in [7, 11) is 3.16. The molecule has 104 valence electrons. The van der Waals surface area contributed by atoms with Crippen molar-refractivity contribution < 1.29 is 14.3 Å². The molecule has 0 radical (unpaired) electrons. The molecule has 1 fully saturated rings. The number of methoxy groups -OCH3 is 2. The maximum Gasteiger partial charge on any atom is 0.241 e. The number of anilines is 1. The second-order valence-electron chi connectivity index (χ2n) is 4.75.